The number of hydrogen-bond acceptors (Lipinski definition) is 10. The van der Waals surface area contributed by atoms with Crippen molar-refractivity contribution < 1.29 is 38.3 Å². The van der Waals surface area contributed by atoms with Crippen LogP contribution in [-0.2, 0) is 28.6 Å². The van der Waals surface area contributed by atoms with Gasteiger partial charge in [-0.1, -0.05) is 12.1 Å². The van der Waals surface area contributed by atoms with Crippen molar-refractivity contribution in [2.45, 2.75) is 27.2 Å². The zero-order valence-corrected chi connectivity index (χ0v) is 22.7. The molecule has 0 radical (unpaired) electrons. The van der Waals surface area contributed by atoms with E-state index in [2.05, 4.69) is 5.32 Å². The highest BCUT2D eigenvalue weighted by Gasteiger charge is 2.34. The van der Waals surface area contributed by atoms with Crippen LogP contribution in [0.1, 0.15) is 27.2 Å². The molecule has 0 aliphatic carbocycles. The van der Waals surface area contributed by atoms with Crippen molar-refractivity contribution >= 4 is 34.9 Å². The quantitative estimate of drug-likeness (QED) is 0.176. The van der Waals surface area contributed by atoms with Gasteiger partial charge in [0.2, 0.25) is 5.91 Å². The molecule has 3 rings (SSSR count). The normalized spacial score (nSPS) is 13.2. The van der Waals surface area contributed by atoms with E-state index >= 15 is 0 Å². The average molecular weight is 554 g/mol. The van der Waals surface area contributed by atoms with Gasteiger partial charge in [0.05, 0.1) is 22.7 Å². The number of esters is 2. The number of nitrogens with one attached hydrogen (secondary N) is 1. The molecule has 2 aromatic rings. The monoisotopic (exact) mass is 553 g/mol. The number of nitro benzene ring substituents is 1. The number of allylic oxidation sites excluding steroid dienone is 2. The molecule has 1 aliphatic rings. The molecule has 0 unspecified atom stereocenters. The first kappa shape index (κ1) is 29.8. The molecule has 0 aromatic heterocycles. The second kappa shape index (κ2) is 13.9. The third kappa shape index (κ3) is 7.44. The highest BCUT2D eigenvalue weighted by atomic mass is 16.6. The predicted octanol–water partition coefficient (Wildman–Crippen LogP) is 4.12. The van der Waals surface area contributed by atoms with Crippen LogP contribution in [0.2, 0.25) is 0 Å². The van der Waals surface area contributed by atoms with Gasteiger partial charge in [-0.05, 0) is 44.2 Å². The molecule has 0 fully saturated rings. The number of nitrogens with zero attached hydrogens (tertiary/aromatic N) is 2. The number of methoxy groups -OCH3 is 1. The largest absolute Gasteiger partial charge is 0.490 e. The van der Waals surface area contributed by atoms with Gasteiger partial charge >= 0.3 is 11.9 Å². The molecule has 40 heavy (non-hydrogen) atoms. The summed E-state index contributed by atoms with van der Waals surface area (Å²) >= 11 is 0. The van der Waals surface area contributed by atoms with Crippen LogP contribution < -0.4 is 15.0 Å². The fourth-order valence-electron chi connectivity index (χ4n) is 4.09. The van der Waals surface area contributed by atoms with Crippen LogP contribution >= 0.6 is 0 Å². The molecule has 1 amide bonds. The van der Waals surface area contributed by atoms with Crippen molar-refractivity contribution in [3.63, 3.8) is 0 Å². The fourth-order valence-corrected chi connectivity index (χ4v) is 4.09. The van der Waals surface area contributed by atoms with Gasteiger partial charge in [0.15, 0.2) is 0 Å². The fraction of sp³-hybridized carbons (Fsp3) is 0.321. The lowest BCUT2D eigenvalue weighted by atomic mass is 9.95. The third-order valence-electron chi connectivity index (χ3n) is 5.99. The molecule has 1 aliphatic heterocycles. The Hall–Kier alpha value is -4.71. The van der Waals surface area contributed by atoms with Crippen LogP contribution in [0.4, 0.5) is 17.1 Å². The molecular weight excluding hydrogens is 522 g/mol. The lowest BCUT2D eigenvalue weighted by molar-refractivity contribution is -0.384. The van der Waals surface area contributed by atoms with E-state index in [0.717, 1.165) is 0 Å². The first-order valence-electron chi connectivity index (χ1n) is 12.4. The minimum atomic E-state index is -0.694. The molecular formula is C28H31N3O9. The molecule has 212 valence electrons. The maximum absolute atomic E-state index is 13.2. The second-order valence-electron chi connectivity index (χ2n) is 8.70. The summed E-state index contributed by atoms with van der Waals surface area (Å²) in [6.45, 7) is 4.83. The van der Waals surface area contributed by atoms with Gasteiger partial charge in [-0.3, -0.25) is 14.9 Å². The summed E-state index contributed by atoms with van der Waals surface area (Å²) in [5.74, 6) is -1.03. The van der Waals surface area contributed by atoms with E-state index in [1.807, 2.05) is 0 Å². The molecule has 12 heteroatoms. The Bertz CT molecular complexity index is 1330. The van der Waals surface area contributed by atoms with Crippen LogP contribution in [-0.4, -0.2) is 56.3 Å². The lowest BCUT2D eigenvalue weighted by Crippen LogP contribution is -2.32. The summed E-state index contributed by atoms with van der Waals surface area (Å²) in [7, 11) is 1.47. The van der Waals surface area contributed by atoms with E-state index in [4.69, 9.17) is 18.9 Å². The minimum Gasteiger partial charge on any atom is -0.490 e. The number of para-hydroxylation sites is 2. The lowest BCUT2D eigenvalue weighted by Gasteiger charge is -2.33. The van der Waals surface area contributed by atoms with Crippen LogP contribution in [0.25, 0.3) is 0 Å². The Morgan fingerprint density at radius 2 is 1.48 bits per heavy atom. The smallest absolute Gasteiger partial charge is 0.336 e. The molecule has 0 saturated heterocycles. The summed E-state index contributed by atoms with van der Waals surface area (Å²) in [6.07, 6.45) is -0.0785. The van der Waals surface area contributed by atoms with E-state index in [0.29, 0.717) is 22.8 Å². The first-order chi connectivity index (χ1) is 19.1. The number of ether oxygens (including phenoxy) is 4. The third-order valence-corrected chi connectivity index (χ3v) is 5.99. The Morgan fingerprint density at radius 1 is 0.900 bits per heavy atom. The van der Waals surface area contributed by atoms with Crippen molar-refractivity contribution in [1.29, 1.82) is 0 Å². The number of benzene rings is 2. The number of rotatable bonds is 12. The van der Waals surface area contributed by atoms with Gasteiger partial charge in [0, 0.05) is 43.6 Å². The number of amides is 1. The van der Waals surface area contributed by atoms with Crippen LogP contribution in [0.15, 0.2) is 71.1 Å². The van der Waals surface area contributed by atoms with E-state index < -0.39 is 16.9 Å². The van der Waals surface area contributed by atoms with Gasteiger partial charge in [-0.15, -0.1) is 0 Å². The Kier molecular flexibility index (Phi) is 10.4. The van der Waals surface area contributed by atoms with E-state index in [-0.39, 0.29) is 61.3 Å². The second-order valence-corrected chi connectivity index (χ2v) is 8.70. The van der Waals surface area contributed by atoms with Crippen molar-refractivity contribution in [1.82, 2.24) is 0 Å². The Morgan fingerprint density at radius 3 is 2.02 bits per heavy atom. The van der Waals surface area contributed by atoms with Crippen molar-refractivity contribution in [3.8, 4) is 5.75 Å². The molecule has 0 bridgehead atoms. The number of nitro groups is 1. The summed E-state index contributed by atoms with van der Waals surface area (Å²) in [6, 6.07) is 12.7. The van der Waals surface area contributed by atoms with Gasteiger partial charge in [-0.25, -0.2) is 9.59 Å². The van der Waals surface area contributed by atoms with Crippen LogP contribution in [0, 0.1) is 10.1 Å². The Labute approximate surface area is 231 Å². The summed E-state index contributed by atoms with van der Waals surface area (Å²) in [4.78, 5) is 50.0. The number of carbonyl (C=O) groups excluding carboxylic acids is 3. The number of anilines is 2. The molecule has 0 saturated carbocycles. The highest BCUT2D eigenvalue weighted by Crippen LogP contribution is 2.39. The van der Waals surface area contributed by atoms with Gasteiger partial charge in [0.25, 0.3) is 5.69 Å². The van der Waals surface area contributed by atoms with E-state index in [9.17, 15) is 24.5 Å². The minimum absolute atomic E-state index is 0.00318. The summed E-state index contributed by atoms with van der Waals surface area (Å²) < 4.78 is 21.3. The van der Waals surface area contributed by atoms with Gasteiger partial charge in [0.1, 0.15) is 31.3 Å². The maximum atomic E-state index is 13.2. The van der Waals surface area contributed by atoms with E-state index in [1.165, 1.54) is 31.1 Å². The van der Waals surface area contributed by atoms with E-state index in [1.54, 1.807) is 50.2 Å². The number of hydrogen-bond donors (Lipinski definition) is 1. The van der Waals surface area contributed by atoms with Crippen LogP contribution in [0.5, 0.6) is 5.75 Å². The van der Waals surface area contributed by atoms with Crippen molar-refractivity contribution in [2.24, 2.45) is 0 Å². The zero-order valence-electron chi connectivity index (χ0n) is 22.7. The van der Waals surface area contributed by atoms with Gasteiger partial charge < -0.3 is 29.2 Å². The summed E-state index contributed by atoms with van der Waals surface area (Å²) in [5, 5.41) is 14.4. The average Bonchev–Trinajstić information content (AvgIpc) is 2.92. The first-order valence-corrected chi connectivity index (χ1v) is 12.4. The molecule has 2 aromatic carbocycles. The molecule has 0 atom stereocenters. The number of carbonyl (C=O) groups is 3. The molecule has 0 spiro atoms. The van der Waals surface area contributed by atoms with Crippen LogP contribution in [0.3, 0.4) is 0 Å². The molecule has 1 N–H and O–H groups in total. The SMILES string of the molecule is COCCOC(=O)C1=C(C)N(c2ccccc2[N+](=O)[O-])C(C)=C(C(=O)OCCOc2ccc(NC(C)=O)cc2)C1. The predicted molar refractivity (Wildman–Crippen MR) is 146 cm³/mol. The molecule has 1 heterocycles. The van der Waals surface area contributed by atoms with Crippen molar-refractivity contribution in [3.05, 3.63) is 81.2 Å². The standard InChI is InChI=1S/C28H31N3O9/c1-18-23(27(33)39-14-13-37-4)17-24(19(2)30(18)25-7-5-6-8-26(25)31(35)36)28(34)40-16-15-38-22-11-9-21(10-12-22)29-20(3)32/h5-12H,13-17H2,1-4H3,(H,29,32). The molecule has 12 nitrogen and oxygen atoms in total. The topological polar surface area (TPSA) is 147 Å². The highest BCUT2D eigenvalue weighted by molar-refractivity contribution is 5.99. The zero-order chi connectivity index (χ0) is 29.2. The summed E-state index contributed by atoms with van der Waals surface area (Å²) in [5.41, 5.74) is 1.73. The van der Waals surface area contributed by atoms with Crippen molar-refractivity contribution in [2.75, 3.05) is 43.8 Å². The maximum Gasteiger partial charge on any atom is 0.336 e. The van der Waals surface area contributed by atoms with Gasteiger partial charge in [-0.2, -0.15) is 0 Å². The Balaban J connectivity index is 1.79.